The number of hydrogen-bond donors (Lipinski definition) is 2. The van der Waals surface area contributed by atoms with E-state index in [1.165, 1.54) is 30.9 Å². The maximum Gasteiger partial charge on any atom is 0.416 e. The molecule has 2 heterocycles. The van der Waals surface area contributed by atoms with Crippen molar-refractivity contribution in [3.8, 4) is 0 Å². The fraction of sp³-hybridized carbons (Fsp3) is 0.333. The number of anilines is 1. The molecule has 0 fully saturated rings. The van der Waals surface area contributed by atoms with Crippen LogP contribution in [-0.2, 0) is 17.4 Å². The molecule has 0 unspecified atom stereocenters. The van der Waals surface area contributed by atoms with Gasteiger partial charge in [-0.2, -0.15) is 13.2 Å². The summed E-state index contributed by atoms with van der Waals surface area (Å²) in [6, 6.07) is 3.83. The molecule has 144 valence electrons. The van der Waals surface area contributed by atoms with Gasteiger partial charge < -0.3 is 15.5 Å². The third-order valence-corrected chi connectivity index (χ3v) is 5.48. The van der Waals surface area contributed by atoms with Crippen LogP contribution in [0.15, 0.2) is 46.1 Å². The molecule has 0 saturated carbocycles. The summed E-state index contributed by atoms with van der Waals surface area (Å²) in [6.07, 6.45) is -3.82. The second kappa shape index (κ2) is 7.30. The summed E-state index contributed by atoms with van der Waals surface area (Å²) in [5.41, 5.74) is 1.61. The molecule has 2 aliphatic rings. The van der Waals surface area contributed by atoms with E-state index in [-0.39, 0.29) is 5.91 Å². The Balaban J connectivity index is 1.87. The van der Waals surface area contributed by atoms with E-state index in [9.17, 15) is 18.0 Å². The van der Waals surface area contributed by atoms with Crippen LogP contribution in [0.2, 0.25) is 0 Å². The minimum Gasteiger partial charge on any atom is -0.355 e. The number of rotatable bonds is 3. The molecule has 2 N–H and O–H groups in total. The number of benzene rings is 1. The number of carbonyl (C=O) groups excluding carboxylic acids is 1. The highest BCUT2D eigenvalue weighted by Crippen LogP contribution is 2.38. The molecule has 9 heteroatoms. The Labute approximate surface area is 159 Å². The van der Waals surface area contributed by atoms with Gasteiger partial charge in [-0.15, -0.1) is 0 Å². The molecule has 27 heavy (non-hydrogen) atoms. The van der Waals surface area contributed by atoms with Crippen molar-refractivity contribution < 1.29 is 18.0 Å². The quantitative estimate of drug-likeness (QED) is 0.771. The molecule has 0 atom stereocenters. The van der Waals surface area contributed by atoms with Crippen LogP contribution in [-0.4, -0.2) is 31.2 Å². The Kier molecular flexibility index (Phi) is 5.23. The van der Waals surface area contributed by atoms with Crippen molar-refractivity contribution in [2.24, 2.45) is 4.99 Å². The normalized spacial score (nSPS) is 16.6. The highest BCUT2D eigenvalue weighted by Gasteiger charge is 2.33. The summed E-state index contributed by atoms with van der Waals surface area (Å²) >= 11 is 1.18. The molecule has 1 amide bonds. The van der Waals surface area contributed by atoms with Crippen LogP contribution in [0.3, 0.4) is 0 Å². The zero-order valence-electron chi connectivity index (χ0n) is 14.9. The molecule has 1 aromatic rings. The molecule has 0 saturated heterocycles. The van der Waals surface area contributed by atoms with Crippen molar-refractivity contribution in [3.05, 3.63) is 52.2 Å². The van der Waals surface area contributed by atoms with E-state index in [0.717, 1.165) is 23.1 Å². The van der Waals surface area contributed by atoms with Crippen LogP contribution in [0.4, 0.5) is 18.9 Å². The highest BCUT2D eigenvalue weighted by molar-refractivity contribution is 8.18. The van der Waals surface area contributed by atoms with Gasteiger partial charge in [-0.05, 0) is 37.1 Å². The molecular formula is C18H19F3N4OS. The molecule has 0 spiro atoms. The van der Waals surface area contributed by atoms with Gasteiger partial charge in [-0.1, -0.05) is 18.3 Å². The maximum absolute atomic E-state index is 12.9. The number of amides is 1. The molecule has 3 rings (SSSR count). The van der Waals surface area contributed by atoms with Gasteiger partial charge in [0.05, 0.1) is 10.5 Å². The summed E-state index contributed by atoms with van der Waals surface area (Å²) in [5, 5.41) is 6.38. The average molecular weight is 396 g/mol. The molecule has 2 aliphatic heterocycles. The van der Waals surface area contributed by atoms with Crippen molar-refractivity contribution in [2.75, 3.05) is 25.2 Å². The topological polar surface area (TPSA) is 56.7 Å². The van der Waals surface area contributed by atoms with Crippen LogP contribution in [0.5, 0.6) is 0 Å². The lowest BCUT2D eigenvalue weighted by molar-refractivity contribution is -0.137. The Morgan fingerprint density at radius 1 is 1.41 bits per heavy atom. The Bertz CT molecular complexity index is 861. The monoisotopic (exact) mass is 396 g/mol. The highest BCUT2D eigenvalue weighted by atomic mass is 32.2. The van der Waals surface area contributed by atoms with E-state index in [2.05, 4.69) is 22.2 Å². The number of thioether (sulfide) groups is 1. The van der Waals surface area contributed by atoms with E-state index in [1.54, 1.807) is 0 Å². The number of hydrogen-bond acceptors (Lipinski definition) is 5. The van der Waals surface area contributed by atoms with Gasteiger partial charge in [-0.3, -0.25) is 9.79 Å². The number of fused-ring (bicyclic) bond motifs is 1. The summed E-state index contributed by atoms with van der Waals surface area (Å²) in [5.74, 6) is 0.512. The van der Waals surface area contributed by atoms with Crippen molar-refractivity contribution in [2.45, 2.75) is 19.5 Å². The van der Waals surface area contributed by atoms with Gasteiger partial charge in [0.2, 0.25) is 0 Å². The lowest BCUT2D eigenvalue weighted by Crippen LogP contribution is -2.35. The number of likely N-dealkylation sites (N-methyl/N-ethyl adjacent to an activating group) is 1. The number of aliphatic imine (C=N–C) groups is 1. The van der Waals surface area contributed by atoms with Crippen molar-refractivity contribution in [1.29, 1.82) is 0 Å². The van der Waals surface area contributed by atoms with Crippen LogP contribution in [0.1, 0.15) is 18.1 Å². The first kappa shape index (κ1) is 19.3. The molecule has 0 aromatic heterocycles. The molecule has 0 aliphatic carbocycles. The zero-order chi connectivity index (χ0) is 19.8. The van der Waals surface area contributed by atoms with Crippen molar-refractivity contribution in [3.63, 3.8) is 0 Å². The predicted octanol–water partition coefficient (Wildman–Crippen LogP) is 3.25. The summed E-state index contributed by atoms with van der Waals surface area (Å²) in [6.45, 7) is 6.52. The van der Waals surface area contributed by atoms with E-state index >= 15 is 0 Å². The van der Waals surface area contributed by atoms with E-state index in [1.807, 2.05) is 11.8 Å². The smallest absolute Gasteiger partial charge is 0.355 e. The second-order valence-corrected chi connectivity index (χ2v) is 7.20. The van der Waals surface area contributed by atoms with Crippen LogP contribution < -0.4 is 15.5 Å². The fourth-order valence-electron chi connectivity index (χ4n) is 3.06. The van der Waals surface area contributed by atoms with Gasteiger partial charge in [0.1, 0.15) is 17.5 Å². The van der Waals surface area contributed by atoms with Crippen LogP contribution in [0.25, 0.3) is 0 Å². The Hall–Kier alpha value is -2.42. The Morgan fingerprint density at radius 2 is 2.15 bits per heavy atom. The first-order valence-corrected chi connectivity index (χ1v) is 9.10. The average Bonchev–Trinajstić information content (AvgIpc) is 3.05. The van der Waals surface area contributed by atoms with Crippen LogP contribution >= 0.6 is 11.8 Å². The predicted molar refractivity (Wildman–Crippen MR) is 101 cm³/mol. The van der Waals surface area contributed by atoms with Gasteiger partial charge >= 0.3 is 6.18 Å². The second-order valence-electron chi connectivity index (χ2n) is 6.12. The van der Waals surface area contributed by atoms with E-state index in [0.29, 0.717) is 35.1 Å². The fourth-order valence-corrected chi connectivity index (χ4v) is 3.87. The number of nitrogens with zero attached hydrogens (tertiary/aromatic N) is 2. The SMILES string of the molecule is C=C(SC1=NCNC(N2CCc3cc(C(F)(F)F)ccc32)=C1C)C(=O)NC. The zero-order valence-corrected chi connectivity index (χ0v) is 15.7. The van der Waals surface area contributed by atoms with Crippen molar-refractivity contribution >= 4 is 28.4 Å². The number of halogens is 3. The third-order valence-electron chi connectivity index (χ3n) is 4.42. The standard InChI is InChI=1S/C18H19F3N4OS/c1-10-15(23-9-24-17(10)27-11(2)16(26)22-3)25-7-6-12-8-13(18(19,20)21)4-5-14(12)25/h4-5,8,23H,2,6-7,9H2,1,3H3,(H,22,26). The van der Waals surface area contributed by atoms with Gasteiger partial charge in [0.15, 0.2) is 0 Å². The number of alkyl halides is 3. The molecule has 5 nitrogen and oxygen atoms in total. The molecule has 1 aromatic carbocycles. The lowest BCUT2D eigenvalue weighted by atomic mass is 10.1. The number of nitrogens with one attached hydrogen (secondary N) is 2. The summed E-state index contributed by atoms with van der Waals surface area (Å²) in [4.78, 5) is 18.4. The lowest BCUT2D eigenvalue weighted by Gasteiger charge is -2.29. The first-order valence-electron chi connectivity index (χ1n) is 8.28. The Morgan fingerprint density at radius 3 is 2.81 bits per heavy atom. The van der Waals surface area contributed by atoms with Gasteiger partial charge in [0, 0.05) is 24.9 Å². The van der Waals surface area contributed by atoms with Gasteiger partial charge in [0.25, 0.3) is 5.91 Å². The van der Waals surface area contributed by atoms with Gasteiger partial charge in [-0.25, -0.2) is 0 Å². The maximum atomic E-state index is 12.9. The molecule has 0 bridgehead atoms. The largest absolute Gasteiger partial charge is 0.416 e. The third kappa shape index (κ3) is 3.83. The van der Waals surface area contributed by atoms with E-state index < -0.39 is 11.7 Å². The summed E-state index contributed by atoms with van der Waals surface area (Å²) < 4.78 is 38.8. The van der Waals surface area contributed by atoms with Crippen LogP contribution in [0, 0.1) is 0 Å². The molecular weight excluding hydrogens is 377 g/mol. The molecule has 0 radical (unpaired) electrons. The minimum absolute atomic E-state index is 0.276. The van der Waals surface area contributed by atoms with E-state index in [4.69, 9.17) is 0 Å². The van der Waals surface area contributed by atoms with Crippen molar-refractivity contribution in [1.82, 2.24) is 10.6 Å². The summed E-state index contributed by atoms with van der Waals surface area (Å²) in [7, 11) is 1.53. The number of carbonyl (C=O) groups is 1. The minimum atomic E-state index is -4.35. The first-order chi connectivity index (χ1) is 12.7.